The highest BCUT2D eigenvalue weighted by Crippen LogP contribution is 2.08. The molecule has 1 fully saturated rings. The zero-order valence-corrected chi connectivity index (χ0v) is 13.5. The van der Waals surface area contributed by atoms with E-state index >= 15 is 0 Å². The summed E-state index contributed by atoms with van der Waals surface area (Å²) in [5.74, 6) is -0.314. The third kappa shape index (κ3) is 4.81. The lowest BCUT2D eigenvalue weighted by atomic mass is 10.2. The van der Waals surface area contributed by atoms with Gasteiger partial charge in [-0.2, -0.15) is 0 Å². The molecule has 6 nitrogen and oxygen atoms in total. The largest absolute Gasteiger partial charge is 0.342 e. The highest BCUT2D eigenvalue weighted by atomic mass is 16.2. The zero-order valence-electron chi connectivity index (χ0n) is 13.5. The van der Waals surface area contributed by atoms with Crippen molar-refractivity contribution in [1.82, 2.24) is 14.7 Å². The number of hydrogen-bond donors (Lipinski definition) is 0. The van der Waals surface area contributed by atoms with E-state index in [1.54, 1.807) is 14.7 Å². The van der Waals surface area contributed by atoms with Crippen molar-refractivity contribution in [2.24, 2.45) is 0 Å². The van der Waals surface area contributed by atoms with Crippen LogP contribution < -0.4 is 0 Å². The number of piperazine rings is 1. The molecule has 23 heavy (non-hydrogen) atoms. The van der Waals surface area contributed by atoms with E-state index in [1.165, 1.54) is 0 Å². The highest BCUT2D eigenvalue weighted by molar-refractivity contribution is 5.97. The van der Waals surface area contributed by atoms with Crippen molar-refractivity contribution < 1.29 is 14.4 Å². The van der Waals surface area contributed by atoms with Crippen LogP contribution in [0.4, 0.5) is 0 Å². The molecule has 2 rings (SSSR count). The first-order chi connectivity index (χ1) is 11.1. The van der Waals surface area contributed by atoms with Gasteiger partial charge in [-0.1, -0.05) is 30.3 Å². The molecular weight excluding hydrogens is 294 g/mol. The summed E-state index contributed by atoms with van der Waals surface area (Å²) in [6.07, 6.45) is 0.688. The number of benzene rings is 1. The molecule has 6 heteroatoms. The Morgan fingerprint density at radius 1 is 1.13 bits per heavy atom. The van der Waals surface area contributed by atoms with E-state index in [0.717, 1.165) is 12.0 Å². The average molecular weight is 317 g/mol. The molecule has 1 aliphatic rings. The summed E-state index contributed by atoms with van der Waals surface area (Å²) in [6.45, 7) is 5.05. The predicted molar refractivity (Wildman–Crippen MR) is 86.4 cm³/mol. The van der Waals surface area contributed by atoms with E-state index < -0.39 is 0 Å². The molecule has 0 spiro atoms. The second kappa shape index (κ2) is 8.31. The van der Waals surface area contributed by atoms with E-state index in [2.05, 4.69) is 0 Å². The zero-order chi connectivity index (χ0) is 16.7. The van der Waals surface area contributed by atoms with Crippen LogP contribution in [0.15, 0.2) is 30.3 Å². The van der Waals surface area contributed by atoms with Gasteiger partial charge in [0.1, 0.15) is 6.42 Å². The molecule has 1 aromatic carbocycles. The number of rotatable bonds is 6. The molecule has 1 saturated heterocycles. The molecule has 3 amide bonds. The number of carbonyl (C=O) groups excluding carboxylic acids is 3. The molecule has 0 bridgehead atoms. The maximum absolute atomic E-state index is 12.4. The first kappa shape index (κ1) is 17.0. The molecule has 1 heterocycles. The molecule has 0 saturated carbocycles. The van der Waals surface area contributed by atoms with Gasteiger partial charge in [0.2, 0.25) is 18.2 Å². The fourth-order valence-electron chi connectivity index (χ4n) is 2.61. The van der Waals surface area contributed by atoms with Gasteiger partial charge in [-0.15, -0.1) is 0 Å². The van der Waals surface area contributed by atoms with E-state index in [-0.39, 0.29) is 18.2 Å². The van der Waals surface area contributed by atoms with Crippen LogP contribution >= 0.6 is 0 Å². The van der Waals surface area contributed by atoms with Gasteiger partial charge in [0.15, 0.2) is 0 Å². The van der Waals surface area contributed by atoms with Crippen LogP contribution in [0.25, 0.3) is 0 Å². The summed E-state index contributed by atoms with van der Waals surface area (Å²) in [7, 11) is 0. The minimum atomic E-state index is -0.160. The molecular formula is C17H23N3O3. The van der Waals surface area contributed by atoms with Crippen molar-refractivity contribution in [2.45, 2.75) is 19.9 Å². The van der Waals surface area contributed by atoms with Gasteiger partial charge in [-0.3, -0.25) is 14.4 Å². The molecule has 0 radical (unpaired) electrons. The van der Waals surface area contributed by atoms with Crippen LogP contribution in [-0.4, -0.2) is 65.6 Å². The molecule has 124 valence electrons. The highest BCUT2D eigenvalue weighted by Gasteiger charge is 2.24. The van der Waals surface area contributed by atoms with E-state index in [9.17, 15) is 14.4 Å². The number of hydrogen-bond acceptors (Lipinski definition) is 3. The van der Waals surface area contributed by atoms with Gasteiger partial charge in [-0.05, 0) is 12.5 Å². The Hall–Kier alpha value is -2.37. The normalized spacial score (nSPS) is 14.5. The molecule has 0 atom stereocenters. The van der Waals surface area contributed by atoms with E-state index in [0.29, 0.717) is 39.3 Å². The maximum atomic E-state index is 12.4. The Kier molecular flexibility index (Phi) is 6.14. The van der Waals surface area contributed by atoms with Crippen LogP contribution in [0.3, 0.4) is 0 Å². The third-order valence-corrected chi connectivity index (χ3v) is 4.07. The van der Waals surface area contributed by atoms with Gasteiger partial charge < -0.3 is 14.7 Å². The number of nitrogens with zero attached hydrogens (tertiary/aromatic N) is 3. The second-order valence-corrected chi connectivity index (χ2v) is 5.59. The van der Waals surface area contributed by atoms with Crippen molar-refractivity contribution in [3.8, 4) is 0 Å². The molecule has 0 unspecified atom stereocenters. The second-order valence-electron chi connectivity index (χ2n) is 5.59. The summed E-state index contributed by atoms with van der Waals surface area (Å²) in [5.41, 5.74) is 1.05. The van der Waals surface area contributed by atoms with Gasteiger partial charge in [0, 0.05) is 39.3 Å². The SMILES string of the molecule is CCN(Cc1ccccc1)C(=O)CC(=O)N1CCN(C=O)CC1. The van der Waals surface area contributed by atoms with Gasteiger partial charge in [-0.25, -0.2) is 0 Å². The topological polar surface area (TPSA) is 60.9 Å². The Labute approximate surface area is 136 Å². The van der Waals surface area contributed by atoms with Crippen molar-refractivity contribution in [2.75, 3.05) is 32.7 Å². The minimum Gasteiger partial charge on any atom is -0.342 e. The Morgan fingerprint density at radius 2 is 1.78 bits per heavy atom. The molecule has 1 aliphatic heterocycles. The summed E-state index contributed by atoms with van der Waals surface area (Å²) in [4.78, 5) is 40.3. The summed E-state index contributed by atoms with van der Waals surface area (Å²) >= 11 is 0. The van der Waals surface area contributed by atoms with Crippen molar-refractivity contribution >= 4 is 18.2 Å². The molecule has 0 N–H and O–H groups in total. The van der Waals surface area contributed by atoms with Crippen LogP contribution in [0.2, 0.25) is 0 Å². The van der Waals surface area contributed by atoms with E-state index in [4.69, 9.17) is 0 Å². The predicted octanol–water partition coefficient (Wildman–Crippen LogP) is 0.726. The standard InChI is InChI=1S/C17H23N3O3/c1-2-19(13-15-6-4-3-5-7-15)16(22)12-17(23)20-10-8-18(14-21)9-11-20/h3-7,14H,2,8-13H2,1H3. The summed E-state index contributed by atoms with van der Waals surface area (Å²) < 4.78 is 0. The smallest absolute Gasteiger partial charge is 0.232 e. The molecule has 0 aliphatic carbocycles. The van der Waals surface area contributed by atoms with Crippen molar-refractivity contribution in [1.29, 1.82) is 0 Å². The lowest BCUT2D eigenvalue weighted by Crippen LogP contribution is -2.49. The van der Waals surface area contributed by atoms with Crippen LogP contribution in [-0.2, 0) is 20.9 Å². The Morgan fingerprint density at radius 3 is 2.35 bits per heavy atom. The van der Waals surface area contributed by atoms with Crippen LogP contribution in [0.1, 0.15) is 18.9 Å². The van der Waals surface area contributed by atoms with Crippen molar-refractivity contribution in [3.63, 3.8) is 0 Å². The van der Waals surface area contributed by atoms with Crippen LogP contribution in [0, 0.1) is 0 Å². The summed E-state index contributed by atoms with van der Waals surface area (Å²) in [5, 5.41) is 0. The summed E-state index contributed by atoms with van der Waals surface area (Å²) in [6, 6.07) is 9.74. The quantitative estimate of drug-likeness (QED) is 0.574. The number of amides is 3. The minimum absolute atomic E-state index is 0.109. The van der Waals surface area contributed by atoms with Crippen molar-refractivity contribution in [3.05, 3.63) is 35.9 Å². The monoisotopic (exact) mass is 317 g/mol. The lowest BCUT2D eigenvalue weighted by Gasteiger charge is -2.33. The first-order valence-corrected chi connectivity index (χ1v) is 7.93. The third-order valence-electron chi connectivity index (χ3n) is 4.07. The molecule has 1 aromatic rings. The van der Waals surface area contributed by atoms with Gasteiger partial charge in [0.05, 0.1) is 0 Å². The lowest BCUT2D eigenvalue weighted by molar-refractivity contribution is -0.142. The van der Waals surface area contributed by atoms with Crippen LogP contribution in [0.5, 0.6) is 0 Å². The fraction of sp³-hybridized carbons (Fsp3) is 0.471. The van der Waals surface area contributed by atoms with Gasteiger partial charge in [0.25, 0.3) is 0 Å². The maximum Gasteiger partial charge on any atom is 0.232 e. The Bertz CT molecular complexity index is 539. The van der Waals surface area contributed by atoms with E-state index in [1.807, 2.05) is 37.3 Å². The fourth-order valence-corrected chi connectivity index (χ4v) is 2.61. The average Bonchev–Trinajstić information content (AvgIpc) is 2.60. The first-order valence-electron chi connectivity index (χ1n) is 7.93. The Balaban J connectivity index is 1.86. The molecule has 0 aromatic heterocycles. The van der Waals surface area contributed by atoms with Gasteiger partial charge >= 0.3 is 0 Å². The number of carbonyl (C=O) groups is 3.